The third kappa shape index (κ3) is 4.17. The van der Waals surface area contributed by atoms with Gasteiger partial charge in [-0.25, -0.2) is 0 Å². The van der Waals surface area contributed by atoms with E-state index >= 15 is 0 Å². The van der Waals surface area contributed by atoms with Gasteiger partial charge in [-0.15, -0.1) is 6.58 Å². The first-order chi connectivity index (χ1) is 17.6. The molecule has 4 rings (SSSR count). The zero-order chi connectivity index (χ0) is 27.1. The van der Waals surface area contributed by atoms with Crippen molar-refractivity contribution in [1.29, 1.82) is 0 Å². The number of amides is 2. The number of nitrogens with zero attached hydrogens (tertiary/aromatic N) is 2. The highest BCUT2D eigenvalue weighted by atomic mass is 35.5. The van der Waals surface area contributed by atoms with Crippen LogP contribution in [0.5, 0.6) is 0 Å². The zero-order valence-corrected chi connectivity index (χ0v) is 22.7. The summed E-state index contributed by atoms with van der Waals surface area (Å²) in [4.78, 5) is 45.0. The number of benzene rings is 1. The van der Waals surface area contributed by atoms with Crippen LogP contribution in [0.25, 0.3) is 0 Å². The van der Waals surface area contributed by atoms with E-state index < -0.39 is 41.1 Å². The molecule has 3 fully saturated rings. The van der Waals surface area contributed by atoms with Crippen LogP contribution in [0, 0.1) is 17.8 Å². The molecule has 1 aromatic carbocycles. The van der Waals surface area contributed by atoms with Crippen LogP contribution in [0.4, 0.5) is 5.69 Å². The molecule has 3 heterocycles. The van der Waals surface area contributed by atoms with Gasteiger partial charge in [0.1, 0.15) is 17.6 Å². The molecule has 2 amide bonds. The zero-order valence-electron chi connectivity index (χ0n) is 22.0. The topological polar surface area (TPSA) is 96.4 Å². The molecular formula is C28H37ClN2O6. The van der Waals surface area contributed by atoms with E-state index in [2.05, 4.69) is 6.58 Å². The van der Waals surface area contributed by atoms with Gasteiger partial charge in [0.05, 0.1) is 41.5 Å². The van der Waals surface area contributed by atoms with Gasteiger partial charge in [0.25, 0.3) is 5.91 Å². The fourth-order valence-corrected chi connectivity index (χ4v) is 6.90. The molecule has 0 aliphatic carbocycles. The Bertz CT molecular complexity index is 1080. The number of esters is 1. The molecule has 1 aromatic rings. The van der Waals surface area contributed by atoms with Crippen LogP contribution >= 0.6 is 11.6 Å². The Morgan fingerprint density at radius 2 is 2.05 bits per heavy atom. The smallest absolute Gasteiger partial charge is 0.312 e. The minimum absolute atomic E-state index is 0.0959. The van der Waals surface area contributed by atoms with Crippen molar-refractivity contribution in [3.05, 3.63) is 41.9 Å². The third-order valence-corrected chi connectivity index (χ3v) is 8.87. The number of rotatable bonds is 10. The number of carbonyl (C=O) groups excluding carboxylic acids is 3. The van der Waals surface area contributed by atoms with Crippen molar-refractivity contribution in [2.24, 2.45) is 17.8 Å². The number of likely N-dealkylation sites (tertiary alicyclic amines) is 1. The van der Waals surface area contributed by atoms with Gasteiger partial charge in [-0.1, -0.05) is 50.1 Å². The molecule has 3 saturated heterocycles. The standard InChI is InChI=1S/C28H37ClN2O6/c1-6-15-30(19-12-10-9-11-18(19)29)25(34)23-28-14-13-27(5,37-28)22(26(35)36-8-3)21(28)24(33)31(23)20(16-32)17(4)7-2/h6,9-12,17,20-23,32H,1,7-8,13-16H2,2-5H3/t17-,20-,21-,22+,23?,27-,28?/m0/s1. The van der Waals surface area contributed by atoms with Crippen LogP contribution in [0.1, 0.15) is 47.0 Å². The predicted molar refractivity (Wildman–Crippen MR) is 140 cm³/mol. The maximum absolute atomic E-state index is 14.6. The van der Waals surface area contributed by atoms with E-state index in [-0.39, 0.29) is 37.5 Å². The number of hydrogen-bond acceptors (Lipinski definition) is 6. The lowest BCUT2D eigenvalue weighted by atomic mass is 9.66. The molecule has 2 unspecified atom stereocenters. The van der Waals surface area contributed by atoms with E-state index in [1.807, 2.05) is 20.8 Å². The first-order valence-corrected chi connectivity index (χ1v) is 13.5. The normalized spacial score (nSPS) is 31.7. The van der Waals surface area contributed by atoms with E-state index in [0.717, 1.165) is 0 Å². The summed E-state index contributed by atoms with van der Waals surface area (Å²) in [6, 6.07) is 5.33. The molecule has 37 heavy (non-hydrogen) atoms. The SMILES string of the molecule is C=CCN(C(=O)C1N([C@@H](CO)[C@@H](C)CC)C(=O)[C@@H]2[C@H](C(=O)OCC)[C@]3(C)CCC12O3)c1ccccc1Cl. The molecule has 0 saturated carbocycles. The molecule has 1 N–H and O–H groups in total. The lowest BCUT2D eigenvalue weighted by Gasteiger charge is -2.41. The van der Waals surface area contributed by atoms with E-state index in [4.69, 9.17) is 21.1 Å². The van der Waals surface area contributed by atoms with E-state index in [0.29, 0.717) is 30.0 Å². The Balaban J connectivity index is 1.88. The average Bonchev–Trinajstić information content (AvgIpc) is 3.44. The molecule has 0 radical (unpaired) electrons. The van der Waals surface area contributed by atoms with Crippen molar-refractivity contribution in [3.8, 4) is 0 Å². The number of aliphatic hydroxyl groups is 1. The maximum atomic E-state index is 14.6. The summed E-state index contributed by atoms with van der Waals surface area (Å²) in [5.41, 5.74) is -1.65. The first kappa shape index (κ1) is 27.6. The highest BCUT2D eigenvalue weighted by molar-refractivity contribution is 6.34. The monoisotopic (exact) mass is 532 g/mol. The Kier molecular flexibility index (Phi) is 7.75. The van der Waals surface area contributed by atoms with Gasteiger partial charge in [-0.05, 0) is 44.7 Å². The molecule has 7 atom stereocenters. The van der Waals surface area contributed by atoms with Crippen molar-refractivity contribution in [2.75, 3.05) is 24.7 Å². The molecule has 1 spiro atoms. The minimum atomic E-state index is -1.22. The van der Waals surface area contributed by atoms with Gasteiger partial charge in [-0.2, -0.15) is 0 Å². The molecule has 2 bridgehead atoms. The Labute approximate surface area is 223 Å². The molecule has 3 aliphatic heterocycles. The van der Waals surface area contributed by atoms with Crippen molar-refractivity contribution in [1.82, 2.24) is 4.90 Å². The maximum Gasteiger partial charge on any atom is 0.312 e. The summed E-state index contributed by atoms with van der Waals surface area (Å²) in [6.07, 6.45) is 3.24. The summed E-state index contributed by atoms with van der Waals surface area (Å²) < 4.78 is 12.0. The summed E-state index contributed by atoms with van der Waals surface area (Å²) in [7, 11) is 0. The second-order valence-corrected chi connectivity index (χ2v) is 11.0. The second-order valence-electron chi connectivity index (χ2n) is 10.5. The first-order valence-electron chi connectivity index (χ1n) is 13.1. The molecule has 8 nitrogen and oxygen atoms in total. The number of para-hydroxylation sites is 1. The number of ether oxygens (including phenoxy) is 2. The summed E-state index contributed by atoms with van der Waals surface area (Å²) in [6.45, 7) is 11.3. The molecule has 3 aliphatic rings. The summed E-state index contributed by atoms with van der Waals surface area (Å²) in [5, 5.41) is 10.8. The molecule has 202 valence electrons. The van der Waals surface area contributed by atoms with Crippen LogP contribution < -0.4 is 4.90 Å². The number of aliphatic hydroxyl groups excluding tert-OH is 1. The van der Waals surface area contributed by atoms with Crippen molar-refractivity contribution in [2.45, 2.75) is 70.2 Å². The average molecular weight is 533 g/mol. The van der Waals surface area contributed by atoms with E-state index in [9.17, 15) is 19.5 Å². The van der Waals surface area contributed by atoms with Gasteiger partial charge in [-0.3, -0.25) is 14.4 Å². The van der Waals surface area contributed by atoms with Crippen LogP contribution in [0.2, 0.25) is 5.02 Å². The van der Waals surface area contributed by atoms with Crippen molar-refractivity contribution >= 4 is 35.1 Å². The second kappa shape index (κ2) is 10.4. The fraction of sp³-hybridized carbons (Fsp3) is 0.607. The van der Waals surface area contributed by atoms with Gasteiger partial charge >= 0.3 is 5.97 Å². The number of hydrogen-bond donors (Lipinski definition) is 1. The highest BCUT2D eigenvalue weighted by Crippen LogP contribution is 2.64. The number of fused-ring (bicyclic) bond motifs is 1. The number of anilines is 1. The van der Waals surface area contributed by atoms with E-state index in [1.165, 1.54) is 9.80 Å². The number of carbonyl (C=O) groups is 3. The molecular weight excluding hydrogens is 496 g/mol. The molecule has 9 heteroatoms. The lowest BCUT2D eigenvalue weighted by molar-refractivity contribution is -0.160. The largest absolute Gasteiger partial charge is 0.466 e. The number of halogens is 1. The minimum Gasteiger partial charge on any atom is -0.466 e. The Morgan fingerprint density at radius 1 is 1.35 bits per heavy atom. The Hall–Kier alpha value is -2.42. The van der Waals surface area contributed by atoms with Gasteiger partial charge in [0.2, 0.25) is 5.91 Å². The van der Waals surface area contributed by atoms with Crippen LogP contribution in [-0.4, -0.2) is 70.8 Å². The Morgan fingerprint density at radius 3 is 2.65 bits per heavy atom. The highest BCUT2D eigenvalue weighted by Gasteiger charge is 2.79. The quantitative estimate of drug-likeness (QED) is 0.365. The third-order valence-electron chi connectivity index (χ3n) is 8.56. The van der Waals surface area contributed by atoms with Crippen LogP contribution in [0.15, 0.2) is 36.9 Å². The molecule has 0 aromatic heterocycles. The van der Waals surface area contributed by atoms with Crippen molar-refractivity contribution < 1.29 is 29.0 Å². The fourth-order valence-electron chi connectivity index (χ4n) is 6.66. The summed E-state index contributed by atoms with van der Waals surface area (Å²) >= 11 is 6.50. The van der Waals surface area contributed by atoms with Crippen LogP contribution in [0.3, 0.4) is 0 Å². The predicted octanol–water partition coefficient (Wildman–Crippen LogP) is 3.59. The van der Waals surface area contributed by atoms with Gasteiger partial charge in [0.15, 0.2) is 0 Å². The van der Waals surface area contributed by atoms with Gasteiger partial charge < -0.3 is 24.4 Å². The lowest BCUT2D eigenvalue weighted by Crippen LogP contribution is -2.60. The summed E-state index contributed by atoms with van der Waals surface area (Å²) in [5.74, 6) is -3.03. The van der Waals surface area contributed by atoms with E-state index in [1.54, 1.807) is 37.3 Å². The van der Waals surface area contributed by atoms with Crippen molar-refractivity contribution in [3.63, 3.8) is 0 Å². The van der Waals surface area contributed by atoms with Gasteiger partial charge in [0, 0.05) is 6.54 Å². The van der Waals surface area contributed by atoms with Crippen LogP contribution in [-0.2, 0) is 23.9 Å².